The van der Waals surface area contributed by atoms with E-state index >= 15 is 0 Å². The van der Waals surface area contributed by atoms with Crippen LogP contribution in [0, 0.1) is 0 Å². The van der Waals surface area contributed by atoms with Crippen LogP contribution >= 0.6 is 0 Å². The van der Waals surface area contributed by atoms with E-state index in [-0.39, 0.29) is 0 Å². The summed E-state index contributed by atoms with van der Waals surface area (Å²) in [7, 11) is 0. The third-order valence-electron chi connectivity index (χ3n) is 1.77. The first-order valence-electron chi connectivity index (χ1n) is 5.02. The van der Waals surface area contributed by atoms with E-state index in [9.17, 15) is 0 Å². The van der Waals surface area contributed by atoms with Gasteiger partial charge in [-0.2, -0.15) is 0 Å². The van der Waals surface area contributed by atoms with Crippen LogP contribution < -0.4 is 5.32 Å². The van der Waals surface area contributed by atoms with Gasteiger partial charge in [0, 0.05) is 17.0 Å². The number of allylic oxidation sites excluding steroid dienone is 2. The van der Waals surface area contributed by atoms with Gasteiger partial charge in [0.25, 0.3) is 0 Å². The lowest BCUT2D eigenvalue weighted by Crippen LogP contribution is -2.11. The van der Waals surface area contributed by atoms with Crippen molar-refractivity contribution >= 4 is 0 Å². The molecule has 0 radical (unpaired) electrons. The molecule has 0 amide bonds. The van der Waals surface area contributed by atoms with Gasteiger partial charge in [0.1, 0.15) is 0 Å². The summed E-state index contributed by atoms with van der Waals surface area (Å²) in [6.45, 7) is 16.1. The molecular weight excluding hydrogens is 170 g/mol. The topological polar surface area (TPSA) is 12.0 Å². The van der Waals surface area contributed by atoms with Crippen LogP contribution in [-0.2, 0) is 0 Å². The van der Waals surface area contributed by atoms with E-state index in [4.69, 9.17) is 0 Å². The number of hydrogen-bond acceptors (Lipinski definition) is 1. The average Bonchev–Trinajstić information content (AvgIpc) is 2.02. The van der Waals surface area contributed by atoms with Crippen molar-refractivity contribution in [3.05, 3.63) is 41.4 Å². The predicted molar refractivity (Wildman–Crippen MR) is 63.9 cm³/mol. The molecule has 0 aromatic heterocycles. The molecule has 0 spiro atoms. The second-order valence-corrected chi connectivity index (χ2v) is 3.71. The summed E-state index contributed by atoms with van der Waals surface area (Å²) in [6, 6.07) is 0. The Kier molecular flexibility index (Phi) is 5.74. The minimum atomic E-state index is 0.893. The third kappa shape index (κ3) is 5.45. The molecule has 0 fully saturated rings. The van der Waals surface area contributed by atoms with E-state index < -0.39 is 0 Å². The first-order chi connectivity index (χ1) is 6.47. The van der Waals surface area contributed by atoms with Crippen molar-refractivity contribution in [1.29, 1.82) is 0 Å². The zero-order valence-electron chi connectivity index (χ0n) is 9.83. The Labute approximate surface area is 87.9 Å². The molecule has 0 aromatic rings. The Morgan fingerprint density at radius 1 is 1.21 bits per heavy atom. The average molecular weight is 191 g/mol. The molecule has 0 saturated heterocycles. The largest absolute Gasteiger partial charge is 0.359 e. The minimum Gasteiger partial charge on any atom is -0.359 e. The van der Waals surface area contributed by atoms with E-state index in [1.807, 2.05) is 20.8 Å². The highest BCUT2D eigenvalue weighted by molar-refractivity contribution is 5.27. The monoisotopic (exact) mass is 191 g/mol. The Balaban J connectivity index is 4.37. The van der Waals surface area contributed by atoms with Crippen molar-refractivity contribution in [2.75, 3.05) is 0 Å². The Hall–Kier alpha value is -1.20. The number of nitrogens with one attached hydrogen (secondary N) is 1. The van der Waals surface area contributed by atoms with Crippen molar-refractivity contribution in [2.45, 2.75) is 40.5 Å². The summed E-state index contributed by atoms with van der Waals surface area (Å²) in [5.74, 6) is 0. The second-order valence-electron chi connectivity index (χ2n) is 3.71. The molecule has 0 saturated carbocycles. The van der Waals surface area contributed by atoms with Gasteiger partial charge in [-0.25, -0.2) is 0 Å². The van der Waals surface area contributed by atoms with Crippen molar-refractivity contribution < 1.29 is 0 Å². The van der Waals surface area contributed by atoms with Gasteiger partial charge in [-0.15, -0.1) is 5.73 Å². The molecule has 1 N–H and O–H groups in total. The van der Waals surface area contributed by atoms with Crippen LogP contribution in [0.2, 0.25) is 0 Å². The van der Waals surface area contributed by atoms with E-state index in [1.165, 1.54) is 0 Å². The van der Waals surface area contributed by atoms with Gasteiger partial charge in [-0.3, -0.25) is 0 Å². The van der Waals surface area contributed by atoms with Gasteiger partial charge < -0.3 is 5.32 Å². The summed E-state index contributed by atoms with van der Waals surface area (Å²) in [6.07, 6.45) is 2.09. The second kappa shape index (κ2) is 6.28. The SMILES string of the molecule is C=C(CCC)NC(=C)C(C)=C=C(C)C. The summed E-state index contributed by atoms with van der Waals surface area (Å²) in [5, 5.41) is 3.18. The summed E-state index contributed by atoms with van der Waals surface area (Å²) in [5.41, 5.74) is 7.34. The zero-order valence-corrected chi connectivity index (χ0v) is 9.83. The van der Waals surface area contributed by atoms with Gasteiger partial charge >= 0.3 is 0 Å². The van der Waals surface area contributed by atoms with Crippen LogP contribution in [0.15, 0.2) is 41.4 Å². The van der Waals surface area contributed by atoms with Crippen LogP contribution in [0.4, 0.5) is 0 Å². The lowest BCUT2D eigenvalue weighted by Gasteiger charge is -2.10. The Morgan fingerprint density at radius 2 is 1.79 bits per heavy atom. The first-order valence-corrected chi connectivity index (χ1v) is 5.02. The van der Waals surface area contributed by atoms with Crippen molar-refractivity contribution in [3.63, 3.8) is 0 Å². The number of hydrogen-bond donors (Lipinski definition) is 1. The molecule has 0 rings (SSSR count). The lowest BCUT2D eigenvalue weighted by molar-refractivity contribution is 0.824. The normalized spacial score (nSPS) is 8.86. The predicted octanol–water partition coefficient (Wildman–Crippen LogP) is 3.91. The maximum Gasteiger partial charge on any atom is 0.0416 e. The summed E-state index contributed by atoms with van der Waals surface area (Å²) in [4.78, 5) is 0. The molecule has 0 aliphatic carbocycles. The van der Waals surface area contributed by atoms with E-state index in [2.05, 4.69) is 31.1 Å². The van der Waals surface area contributed by atoms with E-state index in [1.54, 1.807) is 0 Å². The molecule has 0 aliphatic heterocycles. The highest BCUT2D eigenvalue weighted by atomic mass is 14.9. The third-order valence-corrected chi connectivity index (χ3v) is 1.77. The molecule has 0 aliphatic rings. The molecule has 14 heavy (non-hydrogen) atoms. The molecule has 0 atom stereocenters. The maximum absolute atomic E-state index is 3.95. The van der Waals surface area contributed by atoms with Crippen LogP contribution in [-0.4, -0.2) is 0 Å². The van der Waals surface area contributed by atoms with E-state index in [0.29, 0.717) is 0 Å². The lowest BCUT2D eigenvalue weighted by atomic mass is 10.2. The Bertz CT molecular complexity index is 284. The zero-order chi connectivity index (χ0) is 11.1. The molecule has 0 heterocycles. The Morgan fingerprint density at radius 3 is 2.21 bits per heavy atom. The van der Waals surface area contributed by atoms with Gasteiger partial charge in [-0.05, 0) is 32.8 Å². The van der Waals surface area contributed by atoms with E-state index in [0.717, 1.165) is 35.4 Å². The van der Waals surface area contributed by atoms with Crippen LogP contribution in [0.3, 0.4) is 0 Å². The van der Waals surface area contributed by atoms with Crippen molar-refractivity contribution in [3.8, 4) is 0 Å². The number of rotatable bonds is 5. The molecule has 1 nitrogen and oxygen atoms in total. The highest BCUT2D eigenvalue weighted by Gasteiger charge is 1.97. The maximum atomic E-state index is 3.95. The molecule has 1 heteroatoms. The van der Waals surface area contributed by atoms with Gasteiger partial charge in [0.2, 0.25) is 0 Å². The summed E-state index contributed by atoms with van der Waals surface area (Å²) < 4.78 is 0. The van der Waals surface area contributed by atoms with Crippen LogP contribution in [0.1, 0.15) is 40.5 Å². The van der Waals surface area contributed by atoms with Crippen molar-refractivity contribution in [1.82, 2.24) is 5.32 Å². The summed E-state index contributed by atoms with van der Waals surface area (Å²) >= 11 is 0. The van der Waals surface area contributed by atoms with Crippen LogP contribution in [0.25, 0.3) is 0 Å². The first kappa shape index (κ1) is 12.8. The molecule has 0 bridgehead atoms. The van der Waals surface area contributed by atoms with Crippen LogP contribution in [0.5, 0.6) is 0 Å². The van der Waals surface area contributed by atoms with Gasteiger partial charge in [0.05, 0.1) is 0 Å². The molecule has 0 aromatic carbocycles. The smallest absolute Gasteiger partial charge is 0.0416 e. The molecular formula is C13H21N. The fraction of sp³-hybridized carbons (Fsp3) is 0.462. The fourth-order valence-electron chi connectivity index (χ4n) is 1.12. The molecule has 78 valence electrons. The highest BCUT2D eigenvalue weighted by Crippen LogP contribution is 2.07. The minimum absolute atomic E-state index is 0.893. The molecule has 0 unspecified atom stereocenters. The van der Waals surface area contributed by atoms with Crippen molar-refractivity contribution in [2.24, 2.45) is 0 Å². The standard InChI is InChI=1S/C13H21N/c1-7-8-12(5)14-13(6)11(4)9-10(2)3/h14H,5-8H2,1-4H3. The quantitative estimate of drug-likeness (QED) is 0.513. The fourth-order valence-corrected chi connectivity index (χ4v) is 1.12. The van der Waals surface area contributed by atoms with Gasteiger partial charge in [0.15, 0.2) is 0 Å². The van der Waals surface area contributed by atoms with Gasteiger partial charge in [-0.1, -0.05) is 26.5 Å².